The van der Waals surface area contributed by atoms with Gasteiger partial charge in [0, 0.05) is 31.7 Å². The van der Waals surface area contributed by atoms with Gasteiger partial charge in [0.25, 0.3) is 0 Å². The molecule has 2 amide bonds. The molecule has 6 nitrogen and oxygen atoms in total. The third-order valence-electron chi connectivity index (χ3n) is 4.84. The van der Waals surface area contributed by atoms with E-state index in [-0.39, 0.29) is 7.46 Å². The molecule has 0 fully saturated rings. The molecule has 0 saturated carbocycles. The zero-order valence-corrected chi connectivity index (χ0v) is 18.6. The van der Waals surface area contributed by atoms with E-state index in [0.717, 1.165) is 53.0 Å². The Morgan fingerprint density at radius 1 is 1.23 bits per heavy atom. The summed E-state index contributed by atoms with van der Waals surface area (Å²) >= 11 is 0. The van der Waals surface area contributed by atoms with E-state index >= 15 is 0 Å². The molecule has 1 aliphatic carbocycles. The predicted molar refractivity (Wildman–Crippen MR) is 124 cm³/mol. The van der Waals surface area contributed by atoms with Gasteiger partial charge in [0.1, 0.15) is 11.8 Å². The van der Waals surface area contributed by atoms with Crippen molar-refractivity contribution >= 4 is 22.5 Å². The van der Waals surface area contributed by atoms with Crippen LogP contribution in [0.3, 0.4) is 0 Å². The molecule has 0 saturated heterocycles. The quantitative estimate of drug-likeness (QED) is 0.652. The number of nitriles is 1. The summed E-state index contributed by atoms with van der Waals surface area (Å²) in [6.07, 6.45) is 5.43. The van der Waals surface area contributed by atoms with Crippen molar-refractivity contribution in [3.05, 3.63) is 47.3 Å². The van der Waals surface area contributed by atoms with Gasteiger partial charge in [-0.1, -0.05) is 19.9 Å². The molecule has 1 heterocycles. The Bertz CT molecular complexity index is 999. The summed E-state index contributed by atoms with van der Waals surface area (Å²) in [6, 6.07) is 8.11. The largest absolute Gasteiger partial charge is 0.494 e. The van der Waals surface area contributed by atoms with Crippen molar-refractivity contribution in [3.8, 4) is 11.8 Å². The average molecular weight is 411 g/mol. The third-order valence-corrected chi connectivity index (χ3v) is 4.84. The number of urea groups is 1. The predicted octanol–water partition coefficient (Wildman–Crippen LogP) is 5.58. The fraction of sp³-hybridized carbons (Fsp3) is 0.417. The standard InChI is InChI=1S/C22H26N4O2.C2H6.H2/c1-4-24-22(27)25-16-9-7-15(8-10-16)21-19(14-23)18-12-11-17(28-6-3)13-20(18)26(21)5-2;1-2;/h7,9,11-13H,4-6,8,10H2,1-3H3,(H2,24,25,27);1-2H3;1H. The van der Waals surface area contributed by atoms with E-state index in [1.165, 1.54) is 0 Å². The van der Waals surface area contributed by atoms with Crippen molar-refractivity contribution in [2.24, 2.45) is 0 Å². The molecule has 3 rings (SSSR count). The fourth-order valence-corrected chi connectivity index (χ4v) is 3.65. The molecule has 2 N–H and O–H groups in total. The van der Waals surface area contributed by atoms with E-state index in [2.05, 4.69) is 28.2 Å². The number of carbonyl (C=O) groups excluding carboxylic acids is 1. The number of hydrogen-bond donors (Lipinski definition) is 2. The highest BCUT2D eigenvalue weighted by Crippen LogP contribution is 2.36. The molecule has 2 aromatic rings. The lowest BCUT2D eigenvalue weighted by Gasteiger charge is -2.18. The third kappa shape index (κ3) is 4.85. The second-order valence-electron chi connectivity index (χ2n) is 6.56. The van der Waals surface area contributed by atoms with Gasteiger partial charge < -0.3 is 19.9 Å². The highest BCUT2D eigenvalue weighted by Gasteiger charge is 2.21. The number of hydrogen-bond acceptors (Lipinski definition) is 3. The first-order chi connectivity index (χ1) is 14.6. The maximum absolute atomic E-state index is 11.7. The molecule has 0 bridgehead atoms. The first kappa shape index (κ1) is 23.1. The molecule has 1 aliphatic rings. The summed E-state index contributed by atoms with van der Waals surface area (Å²) in [5.41, 5.74) is 4.65. The minimum Gasteiger partial charge on any atom is -0.494 e. The van der Waals surface area contributed by atoms with Crippen molar-refractivity contribution in [1.82, 2.24) is 15.2 Å². The van der Waals surface area contributed by atoms with E-state index in [1.807, 2.05) is 58.0 Å². The number of aryl methyl sites for hydroxylation is 1. The number of aromatic nitrogens is 1. The van der Waals surface area contributed by atoms with Crippen molar-refractivity contribution in [3.63, 3.8) is 0 Å². The molecular formula is C24H34N4O2. The molecule has 0 unspecified atom stereocenters. The number of rotatable bonds is 6. The summed E-state index contributed by atoms with van der Waals surface area (Å²) in [6.45, 7) is 11.9. The summed E-state index contributed by atoms with van der Waals surface area (Å²) in [5, 5.41) is 16.4. The van der Waals surface area contributed by atoms with Gasteiger partial charge in [-0.15, -0.1) is 0 Å². The van der Waals surface area contributed by atoms with Crippen LogP contribution in [0.1, 0.15) is 60.1 Å². The molecule has 0 atom stereocenters. The number of carbonyl (C=O) groups is 1. The Morgan fingerprint density at radius 3 is 2.57 bits per heavy atom. The van der Waals surface area contributed by atoms with Crippen LogP contribution in [0.4, 0.5) is 4.79 Å². The summed E-state index contributed by atoms with van der Waals surface area (Å²) in [7, 11) is 0. The summed E-state index contributed by atoms with van der Waals surface area (Å²) < 4.78 is 7.82. The minimum absolute atomic E-state index is 0. The van der Waals surface area contributed by atoms with Crippen LogP contribution >= 0.6 is 0 Å². The molecule has 6 heteroatoms. The van der Waals surface area contributed by atoms with E-state index in [1.54, 1.807) is 0 Å². The molecule has 0 radical (unpaired) electrons. The van der Waals surface area contributed by atoms with Crippen LogP contribution in [0.25, 0.3) is 16.5 Å². The highest BCUT2D eigenvalue weighted by atomic mass is 16.5. The lowest BCUT2D eigenvalue weighted by molar-refractivity contribution is 0.243. The van der Waals surface area contributed by atoms with Crippen molar-refractivity contribution in [2.45, 2.75) is 54.0 Å². The normalized spacial score (nSPS) is 12.8. The van der Waals surface area contributed by atoms with Crippen LogP contribution < -0.4 is 15.4 Å². The van der Waals surface area contributed by atoms with Crippen LogP contribution in [-0.4, -0.2) is 23.7 Å². The second-order valence-corrected chi connectivity index (χ2v) is 6.56. The lowest BCUT2D eigenvalue weighted by Crippen LogP contribution is -2.34. The van der Waals surface area contributed by atoms with Gasteiger partial charge in [-0.05, 0) is 57.4 Å². The topological polar surface area (TPSA) is 79.1 Å². The maximum atomic E-state index is 11.7. The smallest absolute Gasteiger partial charge is 0.318 e. The summed E-state index contributed by atoms with van der Waals surface area (Å²) in [5.74, 6) is 0.809. The monoisotopic (exact) mass is 410 g/mol. The molecule has 162 valence electrons. The van der Waals surface area contributed by atoms with Crippen molar-refractivity contribution in [2.75, 3.05) is 13.2 Å². The van der Waals surface area contributed by atoms with Gasteiger partial charge in [0.2, 0.25) is 0 Å². The van der Waals surface area contributed by atoms with Crippen LogP contribution in [0.15, 0.2) is 36.0 Å². The Kier molecular flexibility index (Phi) is 8.54. The number of nitrogens with zero attached hydrogens (tertiary/aromatic N) is 2. The summed E-state index contributed by atoms with van der Waals surface area (Å²) in [4.78, 5) is 11.7. The zero-order valence-electron chi connectivity index (χ0n) is 18.6. The van der Waals surface area contributed by atoms with Crippen LogP contribution in [0.2, 0.25) is 0 Å². The van der Waals surface area contributed by atoms with E-state index in [0.29, 0.717) is 18.7 Å². The first-order valence-electron chi connectivity index (χ1n) is 10.8. The lowest BCUT2D eigenvalue weighted by atomic mass is 9.97. The van der Waals surface area contributed by atoms with E-state index < -0.39 is 0 Å². The molecular weight excluding hydrogens is 376 g/mol. The maximum Gasteiger partial charge on any atom is 0.318 e. The zero-order chi connectivity index (χ0) is 22.1. The molecule has 0 spiro atoms. The molecule has 1 aromatic heterocycles. The minimum atomic E-state index is -0.186. The molecule has 1 aromatic carbocycles. The number of fused-ring (bicyclic) bond motifs is 1. The van der Waals surface area contributed by atoms with Gasteiger partial charge >= 0.3 is 6.03 Å². The average Bonchev–Trinajstić information content (AvgIpc) is 3.09. The molecule has 0 aliphatic heterocycles. The Labute approximate surface area is 180 Å². The van der Waals surface area contributed by atoms with Crippen molar-refractivity contribution < 1.29 is 11.0 Å². The highest BCUT2D eigenvalue weighted by molar-refractivity contribution is 5.94. The van der Waals surface area contributed by atoms with Crippen molar-refractivity contribution in [1.29, 1.82) is 5.26 Å². The van der Waals surface area contributed by atoms with Crippen LogP contribution in [0, 0.1) is 11.3 Å². The number of amides is 2. The van der Waals surface area contributed by atoms with Gasteiger partial charge in [-0.2, -0.15) is 5.26 Å². The first-order valence-corrected chi connectivity index (χ1v) is 10.8. The van der Waals surface area contributed by atoms with Gasteiger partial charge in [0.05, 0.1) is 23.4 Å². The number of nitrogens with one attached hydrogen (secondary N) is 2. The Morgan fingerprint density at radius 2 is 2.00 bits per heavy atom. The van der Waals surface area contributed by atoms with Crippen LogP contribution in [0.5, 0.6) is 5.75 Å². The number of allylic oxidation sites excluding steroid dienone is 4. The second kappa shape index (κ2) is 11.1. The number of ether oxygens (including phenoxy) is 1. The van der Waals surface area contributed by atoms with Gasteiger partial charge in [0.15, 0.2) is 0 Å². The van der Waals surface area contributed by atoms with E-state index in [9.17, 15) is 10.1 Å². The van der Waals surface area contributed by atoms with E-state index in [4.69, 9.17) is 4.74 Å². The Hall–Kier alpha value is -3.20. The number of benzene rings is 1. The van der Waals surface area contributed by atoms with Gasteiger partial charge in [-0.3, -0.25) is 0 Å². The van der Waals surface area contributed by atoms with Gasteiger partial charge in [-0.25, -0.2) is 4.79 Å². The van der Waals surface area contributed by atoms with Crippen LogP contribution in [-0.2, 0) is 6.54 Å². The molecule has 30 heavy (non-hydrogen) atoms. The Balaban J connectivity index is 0.00000156. The SMILES string of the molecule is CC.CCNC(=O)NC1=CC=C(c2c(C#N)c3ccc(OCC)cc3n2CC)CC1.[HH]. The fourth-order valence-electron chi connectivity index (χ4n) is 3.65.